The van der Waals surface area contributed by atoms with Crippen LogP contribution in [0.2, 0.25) is 5.02 Å². The third-order valence-corrected chi connectivity index (χ3v) is 3.78. The van der Waals surface area contributed by atoms with Gasteiger partial charge in [0.1, 0.15) is 6.04 Å². The van der Waals surface area contributed by atoms with E-state index in [1.165, 1.54) is 0 Å². The molecule has 0 saturated carbocycles. The van der Waals surface area contributed by atoms with Crippen molar-refractivity contribution in [3.63, 3.8) is 0 Å². The summed E-state index contributed by atoms with van der Waals surface area (Å²) in [4.78, 5) is 41.3. The molecule has 114 valence electrons. The first-order valence-electron chi connectivity index (χ1n) is 6.77. The highest BCUT2D eigenvalue weighted by Crippen LogP contribution is 2.15. The lowest BCUT2D eigenvalue weighted by atomic mass is 10.1. The molecular formula is C14H13ClN4O3. The van der Waals surface area contributed by atoms with Gasteiger partial charge in [-0.25, -0.2) is 0 Å². The van der Waals surface area contributed by atoms with Crippen LogP contribution in [0, 0.1) is 0 Å². The van der Waals surface area contributed by atoms with E-state index in [9.17, 15) is 14.4 Å². The van der Waals surface area contributed by atoms with Crippen LogP contribution in [0.15, 0.2) is 29.3 Å². The number of hydrogen-bond acceptors (Lipinski definition) is 3. The van der Waals surface area contributed by atoms with Crippen molar-refractivity contribution in [2.75, 3.05) is 13.1 Å². The number of carbonyl (C=O) groups is 3. The second-order valence-corrected chi connectivity index (χ2v) is 5.44. The van der Waals surface area contributed by atoms with Crippen LogP contribution in [-0.4, -0.2) is 47.7 Å². The van der Waals surface area contributed by atoms with Gasteiger partial charge in [-0.05, 0) is 24.3 Å². The van der Waals surface area contributed by atoms with Crippen molar-refractivity contribution >= 4 is 35.3 Å². The molecule has 2 heterocycles. The van der Waals surface area contributed by atoms with Crippen molar-refractivity contribution in [2.24, 2.45) is 4.99 Å². The van der Waals surface area contributed by atoms with Crippen molar-refractivity contribution in [1.29, 1.82) is 0 Å². The van der Waals surface area contributed by atoms with E-state index in [1.54, 1.807) is 29.2 Å². The normalized spacial score (nSPS) is 22.9. The molecule has 3 rings (SSSR count). The molecule has 8 heteroatoms. The molecule has 3 amide bonds. The molecule has 2 aliphatic heterocycles. The highest BCUT2D eigenvalue weighted by molar-refractivity contribution is 6.30. The van der Waals surface area contributed by atoms with E-state index < -0.39 is 11.9 Å². The predicted octanol–water partition coefficient (Wildman–Crippen LogP) is 0.157. The SMILES string of the molecule is O=C1C[C@H]2C(=O)NCCN2C(=NC(=O)c2ccc(Cl)cc2)N1. The Bertz CT molecular complexity index is 671. The topological polar surface area (TPSA) is 90.9 Å². The lowest BCUT2D eigenvalue weighted by Crippen LogP contribution is -2.65. The van der Waals surface area contributed by atoms with Crippen LogP contribution >= 0.6 is 11.6 Å². The number of fused-ring (bicyclic) bond motifs is 1. The first-order chi connectivity index (χ1) is 10.5. The van der Waals surface area contributed by atoms with Gasteiger partial charge in [-0.15, -0.1) is 0 Å². The van der Waals surface area contributed by atoms with Crippen LogP contribution in [0.3, 0.4) is 0 Å². The van der Waals surface area contributed by atoms with E-state index in [4.69, 9.17) is 11.6 Å². The summed E-state index contributed by atoms with van der Waals surface area (Å²) in [5.41, 5.74) is 0.356. The van der Waals surface area contributed by atoms with Crippen molar-refractivity contribution in [1.82, 2.24) is 15.5 Å². The number of amides is 3. The molecule has 2 saturated heterocycles. The Kier molecular flexibility index (Phi) is 3.81. The van der Waals surface area contributed by atoms with Crippen LogP contribution in [0.4, 0.5) is 0 Å². The van der Waals surface area contributed by atoms with E-state index in [0.717, 1.165) is 0 Å². The maximum absolute atomic E-state index is 12.2. The number of guanidine groups is 1. The summed E-state index contributed by atoms with van der Waals surface area (Å²) in [6.07, 6.45) is 0.0555. The first-order valence-corrected chi connectivity index (χ1v) is 7.15. The largest absolute Gasteiger partial charge is 0.353 e. The second-order valence-electron chi connectivity index (χ2n) is 5.00. The van der Waals surface area contributed by atoms with Gasteiger partial charge in [0, 0.05) is 23.7 Å². The summed E-state index contributed by atoms with van der Waals surface area (Å²) in [7, 11) is 0. The summed E-state index contributed by atoms with van der Waals surface area (Å²) in [5, 5.41) is 5.77. The molecule has 0 bridgehead atoms. The molecule has 1 aromatic carbocycles. The van der Waals surface area contributed by atoms with E-state index in [1.807, 2.05) is 0 Å². The Morgan fingerprint density at radius 1 is 1.27 bits per heavy atom. The molecule has 1 aromatic rings. The maximum Gasteiger partial charge on any atom is 0.280 e. The number of rotatable bonds is 1. The lowest BCUT2D eigenvalue weighted by molar-refractivity contribution is -0.133. The highest BCUT2D eigenvalue weighted by Gasteiger charge is 2.38. The quantitative estimate of drug-likeness (QED) is 0.771. The summed E-state index contributed by atoms with van der Waals surface area (Å²) in [6.45, 7) is 0.933. The van der Waals surface area contributed by atoms with Gasteiger partial charge in [0.25, 0.3) is 5.91 Å². The molecule has 0 spiro atoms. The van der Waals surface area contributed by atoms with Crippen LogP contribution in [0.1, 0.15) is 16.8 Å². The minimum atomic E-state index is -0.612. The molecule has 2 aliphatic rings. The Labute approximate surface area is 131 Å². The molecule has 0 aliphatic carbocycles. The zero-order valence-corrected chi connectivity index (χ0v) is 12.3. The van der Waals surface area contributed by atoms with Crippen LogP contribution in [0.5, 0.6) is 0 Å². The zero-order valence-electron chi connectivity index (χ0n) is 11.5. The number of carbonyl (C=O) groups excluding carboxylic acids is 3. The number of nitrogens with one attached hydrogen (secondary N) is 2. The van der Waals surface area contributed by atoms with Crippen molar-refractivity contribution in [3.05, 3.63) is 34.9 Å². The van der Waals surface area contributed by atoms with E-state index >= 15 is 0 Å². The van der Waals surface area contributed by atoms with Gasteiger partial charge in [-0.1, -0.05) is 11.6 Å². The van der Waals surface area contributed by atoms with Crippen molar-refractivity contribution in [2.45, 2.75) is 12.5 Å². The second kappa shape index (κ2) is 5.76. The van der Waals surface area contributed by atoms with Crippen LogP contribution in [0.25, 0.3) is 0 Å². The summed E-state index contributed by atoms with van der Waals surface area (Å²) in [5.74, 6) is -0.941. The van der Waals surface area contributed by atoms with Gasteiger partial charge in [0.2, 0.25) is 17.8 Å². The molecule has 2 fully saturated rings. The molecule has 22 heavy (non-hydrogen) atoms. The van der Waals surface area contributed by atoms with Gasteiger partial charge in [-0.3, -0.25) is 19.7 Å². The lowest BCUT2D eigenvalue weighted by Gasteiger charge is -2.39. The molecule has 7 nitrogen and oxygen atoms in total. The van der Waals surface area contributed by atoms with Crippen molar-refractivity contribution in [3.8, 4) is 0 Å². The fourth-order valence-electron chi connectivity index (χ4n) is 2.44. The number of aliphatic imine (C=N–C) groups is 1. The van der Waals surface area contributed by atoms with E-state index in [-0.39, 0.29) is 24.2 Å². The Morgan fingerprint density at radius 2 is 2.00 bits per heavy atom. The third-order valence-electron chi connectivity index (χ3n) is 3.53. The smallest absolute Gasteiger partial charge is 0.280 e. The average Bonchev–Trinajstić information content (AvgIpc) is 2.49. The zero-order chi connectivity index (χ0) is 15.7. The first kappa shape index (κ1) is 14.5. The van der Waals surface area contributed by atoms with E-state index in [2.05, 4.69) is 15.6 Å². The minimum Gasteiger partial charge on any atom is -0.353 e. The number of hydrogen-bond donors (Lipinski definition) is 2. The molecule has 2 N–H and O–H groups in total. The third kappa shape index (κ3) is 2.80. The standard InChI is InChI=1S/C14H13ClN4O3/c15-9-3-1-8(2-4-9)12(21)18-14-17-11(20)7-10-13(22)16-5-6-19(10)14/h1-4,10H,5-7H2,(H,16,22)(H,17,18,20,21)/t10-/m0/s1. The van der Waals surface area contributed by atoms with Gasteiger partial charge in [0.05, 0.1) is 6.42 Å². The molecule has 0 unspecified atom stereocenters. The monoisotopic (exact) mass is 320 g/mol. The Balaban J connectivity index is 1.87. The predicted molar refractivity (Wildman–Crippen MR) is 79.5 cm³/mol. The fourth-order valence-corrected chi connectivity index (χ4v) is 2.57. The van der Waals surface area contributed by atoms with Gasteiger partial charge in [-0.2, -0.15) is 4.99 Å². The van der Waals surface area contributed by atoms with Gasteiger partial charge in [0.15, 0.2) is 0 Å². The number of halogens is 1. The Hall–Kier alpha value is -2.41. The van der Waals surface area contributed by atoms with Gasteiger partial charge < -0.3 is 10.2 Å². The van der Waals surface area contributed by atoms with Gasteiger partial charge >= 0.3 is 0 Å². The molecular weight excluding hydrogens is 308 g/mol. The number of nitrogens with zero attached hydrogens (tertiary/aromatic N) is 2. The summed E-state index contributed by atoms with van der Waals surface area (Å²) >= 11 is 5.78. The number of benzene rings is 1. The van der Waals surface area contributed by atoms with E-state index in [0.29, 0.717) is 23.7 Å². The minimum absolute atomic E-state index is 0.0555. The number of piperazine rings is 1. The average molecular weight is 321 g/mol. The highest BCUT2D eigenvalue weighted by atomic mass is 35.5. The Morgan fingerprint density at radius 3 is 2.73 bits per heavy atom. The van der Waals surface area contributed by atoms with Crippen molar-refractivity contribution < 1.29 is 14.4 Å². The van der Waals surface area contributed by atoms with Crippen LogP contribution < -0.4 is 10.6 Å². The summed E-state index contributed by atoms with van der Waals surface area (Å²) < 4.78 is 0. The summed E-state index contributed by atoms with van der Waals surface area (Å²) in [6, 6.07) is 5.68. The fraction of sp³-hybridized carbons (Fsp3) is 0.286. The maximum atomic E-state index is 12.2. The van der Waals surface area contributed by atoms with Crippen LogP contribution in [-0.2, 0) is 9.59 Å². The molecule has 1 atom stereocenters. The molecule has 0 radical (unpaired) electrons. The molecule has 0 aromatic heterocycles.